The predicted molar refractivity (Wildman–Crippen MR) is 127 cm³/mol. The van der Waals surface area contributed by atoms with E-state index in [1.165, 1.54) is 16.6 Å². The van der Waals surface area contributed by atoms with Gasteiger partial charge in [0.05, 0.1) is 6.10 Å². The lowest BCUT2D eigenvalue weighted by atomic mass is 10.1. The van der Waals surface area contributed by atoms with Crippen molar-refractivity contribution >= 4 is 23.1 Å². The van der Waals surface area contributed by atoms with Crippen LogP contribution in [-0.4, -0.2) is 38.3 Å². The summed E-state index contributed by atoms with van der Waals surface area (Å²) >= 11 is 3.20. The van der Waals surface area contributed by atoms with Crippen LogP contribution in [0.5, 0.6) is 5.75 Å². The molecule has 0 aliphatic rings. The van der Waals surface area contributed by atoms with Gasteiger partial charge in [-0.15, -0.1) is 21.5 Å². The van der Waals surface area contributed by atoms with Crippen LogP contribution in [0.3, 0.4) is 0 Å². The van der Waals surface area contributed by atoms with Crippen molar-refractivity contribution in [3.8, 4) is 11.4 Å². The number of rotatable bonds is 9. The second kappa shape index (κ2) is 10.1. The fourth-order valence-electron chi connectivity index (χ4n) is 3.18. The number of hydrogen-bond donors (Lipinski definition) is 1. The first-order chi connectivity index (χ1) is 15.1. The molecule has 0 fully saturated rings. The van der Waals surface area contributed by atoms with Gasteiger partial charge in [-0.1, -0.05) is 48.2 Å². The van der Waals surface area contributed by atoms with E-state index in [2.05, 4.69) is 32.3 Å². The molecule has 0 amide bonds. The summed E-state index contributed by atoms with van der Waals surface area (Å²) in [5.74, 6) is 2.17. The Morgan fingerprint density at radius 2 is 1.90 bits per heavy atom. The van der Waals surface area contributed by atoms with Crippen molar-refractivity contribution in [2.75, 3.05) is 12.4 Å². The molecule has 2 aromatic heterocycles. The third kappa shape index (κ3) is 5.55. The molecule has 0 saturated heterocycles. The SMILES string of the molecule is Cc1ccc(C)c(OCC(O)CSc2nnc(Cc3cccs3)n2-c2ccccc2)c1. The van der Waals surface area contributed by atoms with E-state index in [4.69, 9.17) is 4.74 Å². The van der Waals surface area contributed by atoms with Gasteiger partial charge in [0.1, 0.15) is 18.2 Å². The second-order valence-corrected chi connectivity index (χ2v) is 9.39. The van der Waals surface area contributed by atoms with Crippen LogP contribution < -0.4 is 4.74 Å². The Morgan fingerprint density at radius 1 is 1.06 bits per heavy atom. The smallest absolute Gasteiger partial charge is 0.195 e. The molecule has 0 aliphatic carbocycles. The van der Waals surface area contributed by atoms with Gasteiger partial charge >= 0.3 is 0 Å². The molecule has 1 unspecified atom stereocenters. The summed E-state index contributed by atoms with van der Waals surface area (Å²) in [7, 11) is 0. The molecule has 1 atom stereocenters. The van der Waals surface area contributed by atoms with Crippen molar-refractivity contribution < 1.29 is 9.84 Å². The minimum absolute atomic E-state index is 0.235. The largest absolute Gasteiger partial charge is 0.491 e. The third-order valence-corrected chi connectivity index (χ3v) is 6.76. The van der Waals surface area contributed by atoms with Crippen LogP contribution in [0.2, 0.25) is 0 Å². The number of nitrogens with zero attached hydrogens (tertiary/aromatic N) is 3. The Labute approximate surface area is 190 Å². The van der Waals surface area contributed by atoms with Gasteiger partial charge in [0.2, 0.25) is 0 Å². The molecule has 0 bridgehead atoms. The summed E-state index contributed by atoms with van der Waals surface area (Å²) in [6, 6.07) is 20.3. The molecular formula is C24H25N3O2S2. The van der Waals surface area contributed by atoms with Crippen LogP contribution in [0.25, 0.3) is 5.69 Å². The number of aryl methyl sites for hydroxylation is 2. The zero-order valence-electron chi connectivity index (χ0n) is 17.6. The number of aliphatic hydroxyl groups is 1. The molecular weight excluding hydrogens is 426 g/mol. The first kappa shape index (κ1) is 21.6. The number of ether oxygens (including phenoxy) is 1. The lowest BCUT2D eigenvalue weighted by molar-refractivity contribution is 0.126. The molecule has 7 heteroatoms. The average Bonchev–Trinajstić information content (AvgIpc) is 3.44. The summed E-state index contributed by atoms with van der Waals surface area (Å²) in [6.07, 6.45) is 0.102. The molecule has 160 valence electrons. The van der Waals surface area contributed by atoms with E-state index in [9.17, 15) is 5.11 Å². The number of benzene rings is 2. The first-order valence-electron chi connectivity index (χ1n) is 10.1. The molecule has 4 aromatic rings. The monoisotopic (exact) mass is 451 g/mol. The molecule has 1 N–H and O–H groups in total. The Morgan fingerprint density at radius 3 is 2.68 bits per heavy atom. The van der Waals surface area contributed by atoms with Crippen molar-refractivity contribution in [2.45, 2.75) is 31.5 Å². The van der Waals surface area contributed by atoms with Gasteiger partial charge in [0.25, 0.3) is 0 Å². The van der Waals surface area contributed by atoms with Gasteiger partial charge < -0.3 is 9.84 Å². The molecule has 4 rings (SSSR count). The van der Waals surface area contributed by atoms with Crippen molar-refractivity contribution in [2.24, 2.45) is 0 Å². The number of hydrogen-bond acceptors (Lipinski definition) is 6. The standard InChI is InChI=1S/C24H25N3O2S2/c1-17-10-11-18(2)22(13-17)29-15-20(28)16-31-24-26-25-23(14-21-9-6-12-30-21)27(24)19-7-4-3-5-8-19/h3-13,20,28H,14-16H2,1-2H3. The molecule has 0 spiro atoms. The molecule has 2 heterocycles. The highest BCUT2D eigenvalue weighted by Gasteiger charge is 2.17. The summed E-state index contributed by atoms with van der Waals surface area (Å²) in [4.78, 5) is 1.24. The minimum Gasteiger partial charge on any atom is -0.491 e. The lowest BCUT2D eigenvalue weighted by Crippen LogP contribution is -2.20. The van der Waals surface area contributed by atoms with E-state index >= 15 is 0 Å². The molecule has 5 nitrogen and oxygen atoms in total. The van der Waals surface area contributed by atoms with Gasteiger partial charge in [-0.25, -0.2) is 0 Å². The zero-order chi connectivity index (χ0) is 21.6. The van der Waals surface area contributed by atoms with Gasteiger partial charge in [-0.05, 0) is 54.6 Å². The Balaban J connectivity index is 1.45. The van der Waals surface area contributed by atoms with Gasteiger partial charge in [-0.2, -0.15) is 0 Å². The van der Waals surface area contributed by atoms with E-state index in [0.29, 0.717) is 5.75 Å². The van der Waals surface area contributed by atoms with Gasteiger partial charge in [0.15, 0.2) is 5.16 Å². The number of aliphatic hydroxyl groups excluding tert-OH is 1. The molecule has 31 heavy (non-hydrogen) atoms. The number of thioether (sulfide) groups is 1. The number of para-hydroxylation sites is 1. The van der Waals surface area contributed by atoms with Crippen molar-refractivity contribution in [1.82, 2.24) is 14.8 Å². The highest BCUT2D eigenvalue weighted by Crippen LogP contribution is 2.25. The average molecular weight is 452 g/mol. The maximum Gasteiger partial charge on any atom is 0.195 e. The normalized spacial score (nSPS) is 12.1. The topological polar surface area (TPSA) is 60.2 Å². The lowest BCUT2D eigenvalue weighted by Gasteiger charge is -2.15. The summed E-state index contributed by atoms with van der Waals surface area (Å²) in [5.41, 5.74) is 3.22. The highest BCUT2D eigenvalue weighted by atomic mass is 32.2. The molecule has 0 saturated carbocycles. The first-order valence-corrected chi connectivity index (χ1v) is 12.0. The maximum atomic E-state index is 10.5. The van der Waals surface area contributed by atoms with Crippen molar-refractivity contribution in [3.63, 3.8) is 0 Å². The van der Waals surface area contributed by atoms with Crippen LogP contribution in [-0.2, 0) is 6.42 Å². The van der Waals surface area contributed by atoms with Gasteiger partial charge in [-0.3, -0.25) is 4.57 Å². The van der Waals surface area contributed by atoms with E-state index < -0.39 is 6.10 Å². The maximum absolute atomic E-state index is 10.5. The van der Waals surface area contributed by atoms with E-state index in [1.54, 1.807) is 11.3 Å². The fourth-order valence-corrected chi connectivity index (χ4v) is 4.76. The second-order valence-electron chi connectivity index (χ2n) is 7.37. The van der Waals surface area contributed by atoms with Crippen molar-refractivity contribution in [3.05, 3.63) is 87.9 Å². The molecule has 0 radical (unpaired) electrons. The summed E-state index contributed by atoms with van der Waals surface area (Å²) in [6.45, 7) is 4.27. The fraction of sp³-hybridized carbons (Fsp3) is 0.250. The van der Waals surface area contributed by atoms with Crippen LogP contribution in [0, 0.1) is 13.8 Å². The Kier molecular flexibility index (Phi) is 7.06. The van der Waals surface area contributed by atoms with Crippen LogP contribution in [0.4, 0.5) is 0 Å². The molecule has 0 aliphatic heterocycles. The van der Waals surface area contributed by atoms with E-state index in [0.717, 1.165) is 40.0 Å². The summed E-state index contributed by atoms with van der Waals surface area (Å²) < 4.78 is 7.93. The number of aromatic nitrogens is 3. The molecule has 2 aromatic carbocycles. The highest BCUT2D eigenvalue weighted by molar-refractivity contribution is 7.99. The van der Waals surface area contributed by atoms with Crippen LogP contribution in [0.15, 0.2) is 71.2 Å². The minimum atomic E-state index is -0.619. The van der Waals surface area contributed by atoms with Gasteiger partial charge in [0, 0.05) is 22.7 Å². The van der Waals surface area contributed by atoms with Crippen LogP contribution >= 0.6 is 23.1 Å². The Hall–Kier alpha value is -2.61. The zero-order valence-corrected chi connectivity index (χ0v) is 19.2. The summed E-state index contributed by atoms with van der Waals surface area (Å²) in [5, 5.41) is 22.2. The number of thiophene rings is 1. The van der Waals surface area contributed by atoms with Crippen LogP contribution in [0.1, 0.15) is 21.8 Å². The Bertz CT molecular complexity index is 1110. The van der Waals surface area contributed by atoms with Crippen molar-refractivity contribution in [1.29, 1.82) is 0 Å². The quantitative estimate of drug-likeness (QED) is 0.360. The third-order valence-electron chi connectivity index (χ3n) is 4.81. The predicted octanol–water partition coefficient (Wildman–Crippen LogP) is 5.07. The van der Waals surface area contributed by atoms with E-state index in [-0.39, 0.29) is 6.61 Å². The van der Waals surface area contributed by atoms with E-state index in [1.807, 2.05) is 62.4 Å².